The highest BCUT2D eigenvalue weighted by atomic mass is 35.5. The minimum Gasteiger partial charge on any atom is -0.325 e. The summed E-state index contributed by atoms with van der Waals surface area (Å²) in [5, 5.41) is 10.8. The number of nitrogens with zero attached hydrogens (tertiary/aromatic N) is 2. The highest BCUT2D eigenvalue weighted by Gasteiger charge is 2.05. The Kier molecular flexibility index (Phi) is 4.76. The number of aryl methyl sites for hydroxylation is 2. The van der Waals surface area contributed by atoms with Gasteiger partial charge in [0.25, 0.3) is 0 Å². The molecule has 1 amide bonds. The number of aromatic nitrogens is 2. The molecule has 1 aromatic carbocycles. The van der Waals surface area contributed by atoms with Gasteiger partial charge in [-0.15, -0.1) is 0 Å². The zero-order valence-corrected chi connectivity index (χ0v) is 12.2. The van der Waals surface area contributed by atoms with Gasteiger partial charge in [0.2, 0.25) is 5.91 Å². The van der Waals surface area contributed by atoms with E-state index < -0.39 is 0 Å². The van der Waals surface area contributed by atoms with Gasteiger partial charge in [-0.25, -0.2) is 0 Å². The fourth-order valence-electron chi connectivity index (χ4n) is 1.87. The van der Waals surface area contributed by atoms with Crippen molar-refractivity contribution >= 4 is 23.2 Å². The van der Waals surface area contributed by atoms with E-state index in [0.29, 0.717) is 11.6 Å². The Morgan fingerprint density at radius 2 is 2.05 bits per heavy atom. The molecule has 0 bridgehead atoms. The van der Waals surface area contributed by atoms with Crippen molar-refractivity contribution in [1.82, 2.24) is 15.1 Å². The lowest BCUT2D eigenvalue weighted by Crippen LogP contribution is -2.27. The molecule has 6 heteroatoms. The molecule has 0 aliphatic heterocycles. The van der Waals surface area contributed by atoms with Crippen molar-refractivity contribution in [3.8, 4) is 0 Å². The first-order valence-corrected chi connectivity index (χ1v) is 6.67. The Balaban J connectivity index is 1.78. The smallest absolute Gasteiger partial charge is 0.238 e. The molecule has 2 N–H and O–H groups in total. The van der Waals surface area contributed by atoms with Crippen LogP contribution in [0.25, 0.3) is 0 Å². The Labute approximate surface area is 122 Å². The van der Waals surface area contributed by atoms with Crippen LogP contribution in [0.4, 0.5) is 5.69 Å². The molecule has 2 aromatic rings. The number of hydrogen-bond donors (Lipinski definition) is 2. The van der Waals surface area contributed by atoms with Crippen LogP contribution in [-0.2, 0) is 18.4 Å². The van der Waals surface area contributed by atoms with Gasteiger partial charge in [0.05, 0.1) is 12.2 Å². The van der Waals surface area contributed by atoms with Gasteiger partial charge in [-0.05, 0) is 31.2 Å². The van der Waals surface area contributed by atoms with Gasteiger partial charge in [0.15, 0.2) is 0 Å². The summed E-state index contributed by atoms with van der Waals surface area (Å²) in [6.45, 7) is 2.81. The maximum Gasteiger partial charge on any atom is 0.238 e. The lowest BCUT2D eigenvalue weighted by molar-refractivity contribution is -0.115. The van der Waals surface area contributed by atoms with Crippen molar-refractivity contribution < 1.29 is 4.79 Å². The van der Waals surface area contributed by atoms with Gasteiger partial charge >= 0.3 is 0 Å². The molecule has 106 valence electrons. The van der Waals surface area contributed by atoms with Gasteiger partial charge in [-0.1, -0.05) is 11.6 Å². The van der Waals surface area contributed by atoms with E-state index in [9.17, 15) is 4.79 Å². The first kappa shape index (κ1) is 14.6. The fourth-order valence-corrected chi connectivity index (χ4v) is 2.00. The number of carbonyl (C=O) groups is 1. The highest BCUT2D eigenvalue weighted by molar-refractivity contribution is 6.30. The van der Waals surface area contributed by atoms with Crippen LogP contribution >= 0.6 is 11.6 Å². The van der Waals surface area contributed by atoms with Crippen LogP contribution < -0.4 is 10.6 Å². The van der Waals surface area contributed by atoms with Crippen LogP contribution in [0.15, 0.2) is 30.5 Å². The molecule has 0 unspecified atom stereocenters. The van der Waals surface area contributed by atoms with E-state index in [2.05, 4.69) is 15.7 Å². The molecule has 0 atom stereocenters. The van der Waals surface area contributed by atoms with E-state index in [1.54, 1.807) is 28.9 Å². The Morgan fingerprint density at radius 3 is 2.65 bits per heavy atom. The molecule has 20 heavy (non-hydrogen) atoms. The van der Waals surface area contributed by atoms with E-state index in [4.69, 9.17) is 11.6 Å². The third kappa shape index (κ3) is 4.08. The van der Waals surface area contributed by atoms with E-state index in [1.165, 1.54) is 0 Å². The SMILES string of the molecule is Cc1nn(C)cc1CNCC(=O)Nc1ccc(Cl)cc1. The number of benzene rings is 1. The second-order valence-electron chi connectivity index (χ2n) is 4.57. The number of halogens is 1. The van der Waals surface area contributed by atoms with Crippen molar-refractivity contribution in [1.29, 1.82) is 0 Å². The van der Waals surface area contributed by atoms with E-state index in [-0.39, 0.29) is 12.5 Å². The standard InChI is InChI=1S/C14H17ClN4O/c1-10-11(9-19(2)18-10)7-16-8-14(20)17-13-5-3-12(15)4-6-13/h3-6,9,16H,7-8H2,1-2H3,(H,17,20). The average Bonchev–Trinajstić information content (AvgIpc) is 2.71. The van der Waals surface area contributed by atoms with Gasteiger partial charge in [0.1, 0.15) is 0 Å². The quantitative estimate of drug-likeness (QED) is 0.887. The summed E-state index contributed by atoms with van der Waals surface area (Å²) in [5.41, 5.74) is 2.80. The molecule has 5 nitrogen and oxygen atoms in total. The van der Waals surface area contributed by atoms with Crippen LogP contribution in [0.2, 0.25) is 5.02 Å². The van der Waals surface area contributed by atoms with Crippen molar-refractivity contribution in [2.75, 3.05) is 11.9 Å². The second kappa shape index (κ2) is 6.54. The summed E-state index contributed by atoms with van der Waals surface area (Å²) in [4.78, 5) is 11.8. The molecule has 0 saturated carbocycles. The third-order valence-electron chi connectivity index (χ3n) is 2.84. The molecule has 0 aliphatic carbocycles. The highest BCUT2D eigenvalue weighted by Crippen LogP contribution is 2.13. The zero-order valence-electron chi connectivity index (χ0n) is 11.5. The molecule has 1 heterocycles. The van der Waals surface area contributed by atoms with Crippen LogP contribution in [0.3, 0.4) is 0 Å². The van der Waals surface area contributed by atoms with Crippen molar-refractivity contribution in [2.45, 2.75) is 13.5 Å². The van der Waals surface area contributed by atoms with Gasteiger partial charge in [0, 0.05) is 36.1 Å². The molecule has 0 radical (unpaired) electrons. The summed E-state index contributed by atoms with van der Waals surface area (Å²) in [6, 6.07) is 7.02. The lowest BCUT2D eigenvalue weighted by Gasteiger charge is -2.06. The Morgan fingerprint density at radius 1 is 1.35 bits per heavy atom. The van der Waals surface area contributed by atoms with E-state index >= 15 is 0 Å². The first-order valence-electron chi connectivity index (χ1n) is 6.30. The minimum atomic E-state index is -0.0890. The molecule has 0 aliphatic rings. The van der Waals surface area contributed by atoms with Crippen LogP contribution in [0.5, 0.6) is 0 Å². The molecule has 0 fully saturated rings. The number of hydrogen-bond acceptors (Lipinski definition) is 3. The number of rotatable bonds is 5. The van der Waals surface area contributed by atoms with Gasteiger partial charge in [-0.2, -0.15) is 5.10 Å². The van der Waals surface area contributed by atoms with Crippen LogP contribution in [-0.4, -0.2) is 22.2 Å². The molecule has 0 saturated heterocycles. The zero-order chi connectivity index (χ0) is 14.5. The predicted molar refractivity (Wildman–Crippen MR) is 79.7 cm³/mol. The number of anilines is 1. The molecule has 2 rings (SSSR count). The second-order valence-corrected chi connectivity index (χ2v) is 5.01. The predicted octanol–water partition coefficient (Wildman–Crippen LogP) is 2.11. The summed E-state index contributed by atoms with van der Waals surface area (Å²) >= 11 is 5.78. The normalized spacial score (nSPS) is 10.6. The molecular formula is C14H17ClN4O. The average molecular weight is 293 g/mol. The van der Waals surface area contributed by atoms with Crippen LogP contribution in [0, 0.1) is 6.92 Å². The molecule has 0 spiro atoms. The Hall–Kier alpha value is -1.85. The summed E-state index contributed by atoms with van der Waals surface area (Å²) in [6.07, 6.45) is 1.94. The Bertz CT molecular complexity index is 592. The fraction of sp³-hybridized carbons (Fsp3) is 0.286. The number of nitrogens with one attached hydrogen (secondary N) is 2. The molecule has 1 aromatic heterocycles. The monoisotopic (exact) mass is 292 g/mol. The largest absolute Gasteiger partial charge is 0.325 e. The van der Waals surface area contributed by atoms with E-state index in [0.717, 1.165) is 16.9 Å². The first-order chi connectivity index (χ1) is 9.54. The van der Waals surface area contributed by atoms with Crippen molar-refractivity contribution in [3.63, 3.8) is 0 Å². The number of carbonyl (C=O) groups excluding carboxylic acids is 1. The van der Waals surface area contributed by atoms with Gasteiger partial charge in [-0.3, -0.25) is 9.48 Å². The lowest BCUT2D eigenvalue weighted by atomic mass is 10.2. The summed E-state index contributed by atoms with van der Waals surface area (Å²) < 4.78 is 1.76. The van der Waals surface area contributed by atoms with Crippen molar-refractivity contribution in [2.24, 2.45) is 7.05 Å². The van der Waals surface area contributed by atoms with Gasteiger partial charge < -0.3 is 10.6 Å². The number of amides is 1. The van der Waals surface area contributed by atoms with Crippen LogP contribution in [0.1, 0.15) is 11.3 Å². The topological polar surface area (TPSA) is 59.0 Å². The maximum absolute atomic E-state index is 11.8. The molecular weight excluding hydrogens is 276 g/mol. The maximum atomic E-state index is 11.8. The minimum absolute atomic E-state index is 0.0890. The van der Waals surface area contributed by atoms with Crippen molar-refractivity contribution in [3.05, 3.63) is 46.7 Å². The third-order valence-corrected chi connectivity index (χ3v) is 3.10. The summed E-state index contributed by atoms with van der Waals surface area (Å²) in [5.74, 6) is -0.0890. The summed E-state index contributed by atoms with van der Waals surface area (Å²) in [7, 11) is 1.88. The van der Waals surface area contributed by atoms with E-state index in [1.807, 2.05) is 20.2 Å².